The van der Waals surface area contributed by atoms with Crippen LogP contribution < -0.4 is 5.32 Å². The van der Waals surface area contributed by atoms with E-state index in [1.165, 1.54) is 19.1 Å². The molecule has 128 valence electrons. The lowest BCUT2D eigenvalue weighted by molar-refractivity contribution is -0.120. The van der Waals surface area contributed by atoms with Crippen LogP contribution >= 0.6 is 0 Å². The SMILES string of the molecule is CNC(=O)C1C=C2C(=NC(=O)C(C#N)=C2N2CCC3(CC2)CC3)C=N1. The van der Waals surface area contributed by atoms with Crippen molar-refractivity contribution in [3.63, 3.8) is 0 Å². The fourth-order valence-electron chi connectivity index (χ4n) is 3.80. The Morgan fingerprint density at radius 2 is 2.08 bits per heavy atom. The van der Waals surface area contributed by atoms with Crippen molar-refractivity contribution in [2.45, 2.75) is 31.7 Å². The van der Waals surface area contributed by atoms with Gasteiger partial charge in [0.2, 0.25) is 5.91 Å². The van der Waals surface area contributed by atoms with Crippen LogP contribution in [0.5, 0.6) is 0 Å². The minimum atomic E-state index is -0.665. The molecule has 4 rings (SSSR count). The smallest absolute Gasteiger partial charge is 0.290 e. The largest absolute Gasteiger partial charge is 0.370 e. The lowest BCUT2D eigenvalue weighted by Crippen LogP contribution is -2.40. The number of likely N-dealkylation sites (N-methyl/N-ethyl adjacent to an activating group) is 1. The molecule has 3 heterocycles. The van der Waals surface area contributed by atoms with Gasteiger partial charge in [-0.05, 0) is 37.2 Å². The van der Waals surface area contributed by atoms with Gasteiger partial charge in [0.25, 0.3) is 5.91 Å². The Hall–Kier alpha value is -2.75. The second-order valence-corrected chi connectivity index (χ2v) is 7.04. The number of allylic oxidation sites excluding steroid dienone is 1. The molecule has 1 spiro atoms. The highest BCUT2D eigenvalue weighted by atomic mass is 16.2. The molecule has 2 fully saturated rings. The van der Waals surface area contributed by atoms with Crippen molar-refractivity contribution in [2.75, 3.05) is 20.1 Å². The third-order valence-electron chi connectivity index (χ3n) is 5.61. The summed E-state index contributed by atoms with van der Waals surface area (Å²) in [5.74, 6) is -0.755. The van der Waals surface area contributed by atoms with Crippen LogP contribution in [-0.2, 0) is 9.59 Å². The van der Waals surface area contributed by atoms with E-state index in [1.54, 1.807) is 13.1 Å². The zero-order valence-electron chi connectivity index (χ0n) is 14.1. The summed E-state index contributed by atoms with van der Waals surface area (Å²) in [7, 11) is 1.56. The Bertz CT molecular complexity index is 813. The molecule has 4 aliphatic rings. The summed E-state index contributed by atoms with van der Waals surface area (Å²) in [4.78, 5) is 34.5. The van der Waals surface area contributed by atoms with Crippen LogP contribution in [0.2, 0.25) is 0 Å². The van der Waals surface area contributed by atoms with Crippen molar-refractivity contribution in [1.29, 1.82) is 5.26 Å². The molecular weight excluding hydrogens is 318 g/mol. The van der Waals surface area contributed by atoms with Gasteiger partial charge in [-0.2, -0.15) is 5.26 Å². The van der Waals surface area contributed by atoms with E-state index in [1.807, 2.05) is 6.07 Å². The molecule has 7 nitrogen and oxygen atoms in total. The maximum atomic E-state index is 12.3. The van der Waals surface area contributed by atoms with Gasteiger partial charge in [0.1, 0.15) is 17.7 Å². The molecule has 25 heavy (non-hydrogen) atoms. The van der Waals surface area contributed by atoms with Crippen LogP contribution in [0.3, 0.4) is 0 Å². The molecule has 1 atom stereocenters. The standard InChI is InChI=1S/C18H19N5O2/c1-20-17(25)13-8-11-14(10-21-13)22-16(24)12(9-19)15(11)23-6-4-18(2-3-18)5-7-23/h8,10,13H,2-7H2,1H3,(H,20,25). The number of carbonyl (C=O) groups is 2. The van der Waals surface area contributed by atoms with E-state index in [4.69, 9.17) is 0 Å². The molecule has 7 heteroatoms. The van der Waals surface area contributed by atoms with Gasteiger partial charge >= 0.3 is 0 Å². The third-order valence-corrected chi connectivity index (χ3v) is 5.61. The Morgan fingerprint density at radius 3 is 2.68 bits per heavy atom. The predicted octanol–water partition coefficient (Wildman–Crippen LogP) is 0.747. The van der Waals surface area contributed by atoms with E-state index in [2.05, 4.69) is 20.2 Å². The molecule has 0 aromatic rings. The average Bonchev–Trinajstić information content (AvgIpc) is 3.39. The van der Waals surface area contributed by atoms with Gasteiger partial charge in [0, 0.05) is 31.9 Å². The zero-order chi connectivity index (χ0) is 17.6. The maximum absolute atomic E-state index is 12.3. The van der Waals surface area contributed by atoms with Crippen molar-refractivity contribution in [3.05, 3.63) is 22.9 Å². The summed E-state index contributed by atoms with van der Waals surface area (Å²) in [6.07, 6.45) is 7.90. The van der Waals surface area contributed by atoms with E-state index < -0.39 is 11.9 Å². The second-order valence-electron chi connectivity index (χ2n) is 7.04. The number of fused-ring (bicyclic) bond motifs is 1. The highest BCUT2D eigenvalue weighted by molar-refractivity contribution is 6.44. The van der Waals surface area contributed by atoms with Gasteiger partial charge in [-0.25, -0.2) is 4.99 Å². The van der Waals surface area contributed by atoms with Gasteiger partial charge in [0.05, 0.1) is 11.4 Å². The van der Waals surface area contributed by atoms with Gasteiger partial charge in [-0.15, -0.1) is 0 Å². The summed E-state index contributed by atoms with van der Waals surface area (Å²) >= 11 is 0. The Kier molecular flexibility index (Phi) is 3.57. The first-order valence-electron chi connectivity index (χ1n) is 8.57. The molecule has 0 aromatic carbocycles. The van der Waals surface area contributed by atoms with Gasteiger partial charge in [0.15, 0.2) is 0 Å². The number of nitriles is 1. The molecule has 0 bridgehead atoms. The van der Waals surface area contributed by atoms with Crippen molar-refractivity contribution in [3.8, 4) is 6.07 Å². The summed E-state index contributed by atoms with van der Waals surface area (Å²) < 4.78 is 0. The number of amides is 2. The Morgan fingerprint density at radius 1 is 1.36 bits per heavy atom. The van der Waals surface area contributed by atoms with E-state index in [9.17, 15) is 14.9 Å². The first-order chi connectivity index (χ1) is 12.1. The summed E-state index contributed by atoms with van der Waals surface area (Å²) in [5, 5.41) is 12.1. The van der Waals surface area contributed by atoms with Gasteiger partial charge in [-0.1, -0.05) is 0 Å². The number of nitrogens with zero attached hydrogens (tertiary/aromatic N) is 4. The van der Waals surface area contributed by atoms with Crippen LogP contribution in [0.15, 0.2) is 32.9 Å². The maximum Gasteiger partial charge on any atom is 0.290 e. The van der Waals surface area contributed by atoms with E-state index in [0.717, 1.165) is 25.9 Å². The Labute approximate surface area is 145 Å². The lowest BCUT2D eigenvalue weighted by Gasteiger charge is -2.38. The first-order valence-corrected chi connectivity index (χ1v) is 8.57. The number of likely N-dealkylation sites (tertiary alicyclic amines) is 1. The van der Waals surface area contributed by atoms with Gasteiger partial charge < -0.3 is 10.2 Å². The summed E-state index contributed by atoms with van der Waals surface area (Å²) in [6, 6.07) is 1.36. The highest BCUT2D eigenvalue weighted by Crippen LogP contribution is 2.54. The number of piperidine rings is 1. The number of carbonyl (C=O) groups excluding carboxylic acids is 2. The second kappa shape index (κ2) is 5.66. The van der Waals surface area contributed by atoms with Crippen LogP contribution in [-0.4, -0.2) is 54.8 Å². The number of hydrogen-bond donors (Lipinski definition) is 1. The van der Waals surface area contributed by atoms with Crippen molar-refractivity contribution in [1.82, 2.24) is 10.2 Å². The molecule has 2 amide bonds. The molecule has 1 aliphatic carbocycles. The molecule has 3 aliphatic heterocycles. The normalized spacial score (nSPS) is 26.6. The van der Waals surface area contributed by atoms with Crippen molar-refractivity contribution < 1.29 is 9.59 Å². The van der Waals surface area contributed by atoms with Crippen molar-refractivity contribution >= 4 is 23.7 Å². The van der Waals surface area contributed by atoms with Crippen LogP contribution in [0.25, 0.3) is 0 Å². The predicted molar refractivity (Wildman–Crippen MR) is 92.0 cm³/mol. The Balaban J connectivity index is 1.72. The number of aliphatic imine (C=N–C) groups is 2. The number of dihydropyridines is 2. The van der Waals surface area contributed by atoms with Crippen LogP contribution in [0.1, 0.15) is 25.7 Å². The average molecular weight is 337 g/mol. The third kappa shape index (κ3) is 2.58. The van der Waals surface area contributed by atoms with E-state index >= 15 is 0 Å². The quantitative estimate of drug-likeness (QED) is 0.804. The lowest BCUT2D eigenvalue weighted by atomic mass is 9.89. The topological polar surface area (TPSA) is 97.9 Å². The monoisotopic (exact) mass is 337 g/mol. The number of hydrogen-bond acceptors (Lipinski definition) is 5. The summed E-state index contributed by atoms with van der Waals surface area (Å²) in [6.45, 7) is 1.64. The zero-order valence-corrected chi connectivity index (χ0v) is 14.1. The fraction of sp³-hybridized carbons (Fsp3) is 0.500. The van der Waals surface area contributed by atoms with Crippen LogP contribution in [0, 0.1) is 16.7 Å². The highest BCUT2D eigenvalue weighted by Gasteiger charge is 2.46. The molecule has 0 aromatic heterocycles. The van der Waals surface area contributed by atoms with E-state index in [-0.39, 0.29) is 11.5 Å². The fourth-order valence-corrected chi connectivity index (χ4v) is 3.80. The number of nitrogens with one attached hydrogen (secondary N) is 1. The molecule has 1 saturated carbocycles. The van der Waals surface area contributed by atoms with Gasteiger partial charge in [-0.3, -0.25) is 14.6 Å². The molecule has 1 N–H and O–H groups in total. The first kappa shape index (κ1) is 15.8. The molecule has 0 radical (unpaired) electrons. The van der Waals surface area contributed by atoms with E-state index in [0.29, 0.717) is 22.4 Å². The van der Waals surface area contributed by atoms with Crippen LogP contribution in [0.4, 0.5) is 0 Å². The number of rotatable bonds is 2. The molecule has 1 saturated heterocycles. The minimum Gasteiger partial charge on any atom is -0.370 e. The molecular formula is C18H19N5O2. The summed E-state index contributed by atoms with van der Waals surface area (Å²) in [5.41, 5.74) is 2.28. The van der Waals surface area contributed by atoms with Crippen molar-refractivity contribution in [2.24, 2.45) is 15.4 Å². The minimum absolute atomic E-state index is 0.0627. The molecule has 1 unspecified atom stereocenters.